The van der Waals surface area contributed by atoms with Crippen molar-refractivity contribution in [2.24, 2.45) is 5.92 Å². The minimum Gasteiger partial charge on any atom is -0.339 e. The number of nitrogens with zero attached hydrogens (tertiary/aromatic N) is 2. The van der Waals surface area contributed by atoms with Crippen molar-refractivity contribution in [3.63, 3.8) is 0 Å². The molecule has 1 heterocycles. The van der Waals surface area contributed by atoms with Crippen LogP contribution < -0.4 is 0 Å². The molecule has 10 heavy (non-hydrogen) atoms. The molecule has 3 heteroatoms. The first-order valence-corrected chi connectivity index (χ1v) is 3.22. The molecule has 0 N–H and O–H groups in total. The maximum atomic E-state index is 7.02. The molecular weight excluding hydrogens is 128 g/mol. The van der Waals surface area contributed by atoms with Crippen LogP contribution in [0.25, 0.3) is 0 Å². The second-order valence-electron chi connectivity index (χ2n) is 2.61. The van der Waals surface area contributed by atoms with Crippen molar-refractivity contribution in [2.45, 2.75) is 27.1 Å². The molecule has 0 aliphatic carbocycles. The van der Waals surface area contributed by atoms with Gasteiger partial charge in [0.2, 0.25) is 5.89 Å². The molecule has 3 nitrogen and oxygen atoms in total. The van der Waals surface area contributed by atoms with Crippen molar-refractivity contribution in [3.8, 4) is 0 Å². The van der Waals surface area contributed by atoms with Crippen molar-refractivity contribution in [3.05, 3.63) is 11.7 Å². The molecule has 1 rings (SSSR count). The third-order valence-electron chi connectivity index (χ3n) is 1.05. The molecule has 56 valence electrons. The van der Waals surface area contributed by atoms with Gasteiger partial charge in [-0.1, -0.05) is 19.0 Å². The molecule has 0 atom stereocenters. The van der Waals surface area contributed by atoms with E-state index in [1.54, 1.807) is 0 Å². The zero-order valence-electron chi connectivity index (χ0n) is 9.09. The standard InChI is InChI=1S/C7H12N2O/c1-5(2)4-7-8-6(3)9-10-7/h5H,4H2,1-3H3/i3D3. The lowest BCUT2D eigenvalue weighted by Crippen LogP contribution is -1.93. The molecule has 1 aromatic heterocycles. The first kappa shape index (κ1) is 4.11. The Balaban J connectivity index is 2.75. The average Bonchev–Trinajstić information content (AvgIpc) is 2.32. The van der Waals surface area contributed by atoms with Crippen molar-refractivity contribution < 1.29 is 8.64 Å². The van der Waals surface area contributed by atoms with E-state index < -0.39 is 6.85 Å². The zero-order chi connectivity index (χ0) is 10.1. The third kappa shape index (κ3) is 1.83. The van der Waals surface area contributed by atoms with Crippen LogP contribution in [-0.4, -0.2) is 10.1 Å². The summed E-state index contributed by atoms with van der Waals surface area (Å²) in [4.78, 5) is 3.78. The van der Waals surface area contributed by atoms with E-state index >= 15 is 0 Å². The second-order valence-corrected chi connectivity index (χ2v) is 2.61. The van der Waals surface area contributed by atoms with Crippen LogP contribution >= 0.6 is 0 Å². The Hall–Kier alpha value is -0.860. The quantitative estimate of drug-likeness (QED) is 0.630. The fourth-order valence-corrected chi connectivity index (χ4v) is 0.687. The minimum absolute atomic E-state index is 0.205. The van der Waals surface area contributed by atoms with Crippen LogP contribution in [0.2, 0.25) is 0 Å². The molecule has 0 aromatic carbocycles. The highest BCUT2D eigenvalue weighted by Crippen LogP contribution is 2.04. The summed E-state index contributed by atoms with van der Waals surface area (Å²) in [6.07, 6.45) is 0.614. The SMILES string of the molecule is [2H]C([2H])([2H])c1noc(CC(C)C)n1. The summed E-state index contributed by atoms with van der Waals surface area (Å²) in [5.74, 6) is 0.564. The summed E-state index contributed by atoms with van der Waals surface area (Å²) in [5, 5.41) is 3.39. The van der Waals surface area contributed by atoms with Crippen LogP contribution in [0.5, 0.6) is 0 Å². The van der Waals surface area contributed by atoms with Gasteiger partial charge in [-0.15, -0.1) is 0 Å². The average molecular weight is 143 g/mol. The van der Waals surface area contributed by atoms with Gasteiger partial charge in [-0.25, -0.2) is 0 Å². The normalized spacial score (nSPS) is 16.5. The largest absolute Gasteiger partial charge is 0.339 e. The molecule has 0 bridgehead atoms. The highest BCUT2D eigenvalue weighted by atomic mass is 16.5. The van der Waals surface area contributed by atoms with E-state index in [1.165, 1.54) is 0 Å². The molecule has 0 radical (unpaired) electrons. The van der Waals surface area contributed by atoms with Gasteiger partial charge in [-0.05, 0) is 12.8 Å². The first-order chi connectivity index (χ1) is 5.89. The molecule has 0 spiro atoms. The Labute approximate surface area is 64.7 Å². The molecule has 0 saturated carbocycles. The third-order valence-corrected chi connectivity index (χ3v) is 1.05. The lowest BCUT2D eigenvalue weighted by Gasteiger charge is -1.95. The smallest absolute Gasteiger partial charge is 0.226 e. The van der Waals surface area contributed by atoms with Gasteiger partial charge in [0, 0.05) is 10.5 Å². The Morgan fingerprint density at radius 3 is 3.00 bits per heavy atom. The van der Waals surface area contributed by atoms with E-state index in [1.807, 2.05) is 13.8 Å². The van der Waals surface area contributed by atoms with E-state index in [9.17, 15) is 0 Å². The van der Waals surface area contributed by atoms with Crippen molar-refractivity contribution >= 4 is 0 Å². The predicted octanol–water partition coefficient (Wildman–Crippen LogP) is 1.58. The van der Waals surface area contributed by atoms with Crippen LogP contribution in [0.1, 0.15) is 29.7 Å². The summed E-state index contributed by atoms with van der Waals surface area (Å²) in [6, 6.07) is 0. The van der Waals surface area contributed by atoms with Crippen molar-refractivity contribution in [2.75, 3.05) is 0 Å². The van der Waals surface area contributed by atoms with Crippen molar-refractivity contribution in [1.29, 1.82) is 0 Å². The molecule has 0 fully saturated rings. The maximum absolute atomic E-state index is 7.02. The highest BCUT2D eigenvalue weighted by molar-refractivity contribution is 4.83. The summed E-state index contributed by atoms with van der Waals surface area (Å²) in [7, 11) is 0. The highest BCUT2D eigenvalue weighted by Gasteiger charge is 2.03. The van der Waals surface area contributed by atoms with Crippen LogP contribution in [0.4, 0.5) is 0 Å². The van der Waals surface area contributed by atoms with Gasteiger partial charge in [0.05, 0.1) is 0 Å². The maximum Gasteiger partial charge on any atom is 0.226 e. The Morgan fingerprint density at radius 2 is 2.50 bits per heavy atom. The second kappa shape index (κ2) is 2.82. The summed E-state index contributed by atoms with van der Waals surface area (Å²) in [5.41, 5.74) is 0. The summed E-state index contributed by atoms with van der Waals surface area (Å²) >= 11 is 0. The summed E-state index contributed by atoms with van der Waals surface area (Å²) in [6.45, 7) is 1.73. The topological polar surface area (TPSA) is 38.9 Å². The van der Waals surface area contributed by atoms with Gasteiger partial charge in [0.25, 0.3) is 0 Å². The molecule has 0 aliphatic heterocycles. The number of aryl methyl sites for hydroxylation is 1. The van der Waals surface area contributed by atoms with Gasteiger partial charge >= 0.3 is 0 Å². The van der Waals surface area contributed by atoms with Crippen molar-refractivity contribution in [1.82, 2.24) is 10.1 Å². The Morgan fingerprint density at radius 1 is 1.70 bits per heavy atom. The number of aromatic nitrogens is 2. The fraction of sp³-hybridized carbons (Fsp3) is 0.714. The first-order valence-electron chi connectivity index (χ1n) is 4.72. The lowest BCUT2D eigenvalue weighted by atomic mass is 10.1. The van der Waals surface area contributed by atoms with Gasteiger partial charge in [0.15, 0.2) is 5.82 Å². The zero-order valence-corrected chi connectivity index (χ0v) is 6.09. The van der Waals surface area contributed by atoms with Gasteiger partial charge in [-0.2, -0.15) is 4.98 Å². The Bertz CT molecular complexity index is 280. The monoisotopic (exact) mass is 143 g/mol. The number of hydrogen-bond donors (Lipinski definition) is 0. The van der Waals surface area contributed by atoms with Gasteiger partial charge in [-0.3, -0.25) is 0 Å². The molecule has 0 unspecified atom stereocenters. The molecule has 1 aromatic rings. The number of rotatable bonds is 2. The summed E-state index contributed by atoms with van der Waals surface area (Å²) < 4.78 is 25.8. The predicted molar refractivity (Wildman–Crippen MR) is 37.6 cm³/mol. The van der Waals surface area contributed by atoms with Crippen LogP contribution in [0.15, 0.2) is 4.52 Å². The molecule has 0 saturated heterocycles. The van der Waals surface area contributed by atoms with Gasteiger partial charge in [0.1, 0.15) is 0 Å². The number of hydrogen-bond acceptors (Lipinski definition) is 3. The van der Waals surface area contributed by atoms with E-state index in [4.69, 9.17) is 8.64 Å². The molecule has 0 aliphatic rings. The van der Waals surface area contributed by atoms with E-state index in [0.29, 0.717) is 18.2 Å². The van der Waals surface area contributed by atoms with E-state index in [0.717, 1.165) is 0 Å². The van der Waals surface area contributed by atoms with Crippen LogP contribution in [-0.2, 0) is 6.42 Å². The lowest BCUT2D eigenvalue weighted by molar-refractivity contribution is 0.360. The fourth-order valence-electron chi connectivity index (χ4n) is 0.687. The minimum atomic E-state index is -2.27. The molecular formula is C7H12N2O. The van der Waals surface area contributed by atoms with Crippen LogP contribution in [0, 0.1) is 12.8 Å². The van der Waals surface area contributed by atoms with Gasteiger partial charge < -0.3 is 4.52 Å². The van der Waals surface area contributed by atoms with Crippen LogP contribution in [0.3, 0.4) is 0 Å². The van der Waals surface area contributed by atoms with E-state index in [-0.39, 0.29) is 5.82 Å². The van der Waals surface area contributed by atoms with E-state index in [2.05, 4.69) is 10.1 Å². The molecule has 0 amide bonds. The Kier molecular flexibility index (Phi) is 1.16.